The van der Waals surface area contributed by atoms with Crippen LogP contribution in [-0.4, -0.2) is 46.3 Å². The Kier molecular flexibility index (Phi) is 4.07. The molecule has 0 aromatic rings. The van der Waals surface area contributed by atoms with Gasteiger partial charge in [-0.2, -0.15) is 0 Å². The van der Waals surface area contributed by atoms with E-state index >= 15 is 8.78 Å². The summed E-state index contributed by atoms with van der Waals surface area (Å²) in [7, 11) is 0. The molecule has 0 amide bonds. The van der Waals surface area contributed by atoms with Crippen LogP contribution in [0.25, 0.3) is 0 Å². The summed E-state index contributed by atoms with van der Waals surface area (Å²) in [4.78, 5) is 24.1. The molecule has 2 unspecified atom stereocenters. The fraction of sp³-hybridized carbons (Fsp3) is 0.714. The van der Waals surface area contributed by atoms with Gasteiger partial charge in [-0.15, -0.1) is 0 Å². The van der Waals surface area contributed by atoms with Crippen molar-refractivity contribution < 1.29 is 28.6 Å². The average molecular weight is 380 g/mol. The summed E-state index contributed by atoms with van der Waals surface area (Å²) in [5.41, 5.74) is -3.10. The van der Waals surface area contributed by atoms with E-state index in [9.17, 15) is 19.8 Å². The van der Waals surface area contributed by atoms with E-state index in [4.69, 9.17) is 0 Å². The second-order valence-corrected chi connectivity index (χ2v) is 9.19. The molecule has 0 radical (unpaired) electrons. The SMILES string of the molecule is C[C@]12C=CC(=O)C=C1C(F)C(F)[C@@H]1[C@@H]2CC[C@@]2(C)[C@H]1CC[C@]2(O)C(=O)CO. The quantitative estimate of drug-likeness (QED) is 0.772. The van der Waals surface area contributed by atoms with Gasteiger partial charge >= 0.3 is 0 Å². The highest BCUT2D eigenvalue weighted by atomic mass is 19.2. The van der Waals surface area contributed by atoms with Gasteiger partial charge in [-0.25, -0.2) is 8.78 Å². The number of fused-ring (bicyclic) bond motifs is 5. The largest absolute Gasteiger partial charge is 0.388 e. The fourth-order valence-corrected chi connectivity index (χ4v) is 6.73. The predicted molar refractivity (Wildman–Crippen MR) is 94.2 cm³/mol. The minimum atomic E-state index is -1.87. The minimum absolute atomic E-state index is 0.161. The Morgan fingerprint density at radius 3 is 2.56 bits per heavy atom. The molecule has 27 heavy (non-hydrogen) atoms. The van der Waals surface area contributed by atoms with Crippen molar-refractivity contribution in [3.05, 3.63) is 23.8 Å². The van der Waals surface area contributed by atoms with Crippen molar-refractivity contribution in [2.75, 3.05) is 6.61 Å². The lowest BCUT2D eigenvalue weighted by Gasteiger charge is -2.59. The van der Waals surface area contributed by atoms with Crippen molar-refractivity contribution in [2.24, 2.45) is 28.6 Å². The maximum absolute atomic E-state index is 15.4. The van der Waals surface area contributed by atoms with Crippen LogP contribution in [0.4, 0.5) is 8.78 Å². The number of aliphatic hydroxyl groups is 2. The number of hydrogen-bond acceptors (Lipinski definition) is 4. The number of halogens is 2. The smallest absolute Gasteiger partial charge is 0.190 e. The molecule has 4 aliphatic rings. The van der Waals surface area contributed by atoms with Crippen molar-refractivity contribution in [1.29, 1.82) is 0 Å². The van der Waals surface area contributed by atoms with Crippen molar-refractivity contribution in [1.82, 2.24) is 0 Å². The number of carbonyl (C=O) groups excluding carboxylic acids is 2. The molecule has 4 nitrogen and oxygen atoms in total. The Hall–Kier alpha value is -1.40. The van der Waals surface area contributed by atoms with Crippen LogP contribution in [0.2, 0.25) is 0 Å². The number of ketones is 2. The van der Waals surface area contributed by atoms with Gasteiger partial charge in [-0.05, 0) is 55.2 Å². The summed E-state index contributed by atoms with van der Waals surface area (Å²) < 4.78 is 30.5. The van der Waals surface area contributed by atoms with E-state index in [1.54, 1.807) is 13.0 Å². The molecule has 148 valence electrons. The number of Topliss-reactive ketones (excluding diaryl/α,β-unsaturated/α-hetero) is 1. The summed E-state index contributed by atoms with van der Waals surface area (Å²) in [5.74, 6) is -2.14. The fourth-order valence-electron chi connectivity index (χ4n) is 6.73. The zero-order valence-corrected chi connectivity index (χ0v) is 15.6. The maximum Gasteiger partial charge on any atom is 0.190 e. The van der Waals surface area contributed by atoms with Crippen LogP contribution in [0, 0.1) is 28.6 Å². The van der Waals surface area contributed by atoms with Gasteiger partial charge in [0.25, 0.3) is 0 Å². The summed E-state index contributed by atoms with van der Waals surface area (Å²) in [5, 5.41) is 20.4. The molecule has 2 N–H and O–H groups in total. The lowest BCUT2D eigenvalue weighted by molar-refractivity contribution is -0.169. The first-order valence-corrected chi connectivity index (χ1v) is 9.70. The van der Waals surface area contributed by atoms with Crippen molar-refractivity contribution >= 4 is 11.6 Å². The third kappa shape index (κ3) is 2.20. The third-order valence-corrected chi connectivity index (χ3v) is 8.32. The van der Waals surface area contributed by atoms with Crippen LogP contribution in [0.3, 0.4) is 0 Å². The van der Waals surface area contributed by atoms with Gasteiger partial charge in [0.05, 0.1) is 0 Å². The zero-order valence-electron chi connectivity index (χ0n) is 15.6. The molecule has 6 heteroatoms. The molecule has 8 atom stereocenters. The summed E-state index contributed by atoms with van der Waals surface area (Å²) in [6.07, 6.45) is 2.34. The number of alkyl halides is 2. The molecule has 0 bridgehead atoms. The predicted octanol–water partition coefficient (Wildman–Crippen LogP) is 2.48. The van der Waals surface area contributed by atoms with E-state index in [0.29, 0.717) is 19.3 Å². The molecule has 0 spiro atoms. The maximum atomic E-state index is 15.4. The van der Waals surface area contributed by atoms with Crippen LogP contribution in [-0.2, 0) is 9.59 Å². The summed E-state index contributed by atoms with van der Waals surface area (Å²) >= 11 is 0. The van der Waals surface area contributed by atoms with Gasteiger partial charge in [0.1, 0.15) is 18.4 Å². The lowest BCUT2D eigenvalue weighted by Crippen LogP contribution is -2.61. The molecular weight excluding hydrogens is 354 g/mol. The second kappa shape index (κ2) is 5.80. The van der Waals surface area contributed by atoms with E-state index < -0.39 is 47.1 Å². The molecular formula is C21H26F2O4. The van der Waals surface area contributed by atoms with E-state index in [2.05, 4.69) is 0 Å². The van der Waals surface area contributed by atoms with Gasteiger partial charge in [-0.3, -0.25) is 9.59 Å². The summed E-state index contributed by atoms with van der Waals surface area (Å²) in [6.45, 7) is 2.88. The van der Waals surface area contributed by atoms with E-state index in [1.807, 2.05) is 6.92 Å². The number of allylic oxidation sites excluding steroid dienone is 4. The highest BCUT2D eigenvalue weighted by Crippen LogP contribution is 2.67. The van der Waals surface area contributed by atoms with E-state index in [1.165, 1.54) is 12.2 Å². The highest BCUT2D eigenvalue weighted by Gasteiger charge is 2.69. The lowest BCUT2D eigenvalue weighted by atomic mass is 9.46. The van der Waals surface area contributed by atoms with Gasteiger partial charge in [0.2, 0.25) is 0 Å². The van der Waals surface area contributed by atoms with Gasteiger partial charge in [0.15, 0.2) is 17.7 Å². The first-order chi connectivity index (χ1) is 12.6. The van der Waals surface area contributed by atoms with Crippen LogP contribution in [0.5, 0.6) is 0 Å². The Bertz CT molecular complexity index is 761. The van der Waals surface area contributed by atoms with Gasteiger partial charge in [-0.1, -0.05) is 19.9 Å². The summed E-state index contributed by atoms with van der Waals surface area (Å²) in [6, 6.07) is 0. The van der Waals surface area contributed by atoms with Crippen LogP contribution < -0.4 is 0 Å². The van der Waals surface area contributed by atoms with Crippen molar-refractivity contribution in [3.8, 4) is 0 Å². The van der Waals surface area contributed by atoms with Gasteiger partial charge in [0, 0.05) is 16.7 Å². The van der Waals surface area contributed by atoms with Crippen molar-refractivity contribution in [2.45, 2.75) is 57.5 Å². The molecule has 4 rings (SSSR count). The Balaban J connectivity index is 1.78. The van der Waals surface area contributed by atoms with Crippen molar-refractivity contribution in [3.63, 3.8) is 0 Å². The van der Waals surface area contributed by atoms with E-state index in [0.717, 1.165) is 0 Å². The Morgan fingerprint density at radius 2 is 1.89 bits per heavy atom. The van der Waals surface area contributed by atoms with E-state index in [-0.39, 0.29) is 29.6 Å². The molecule has 3 fully saturated rings. The first kappa shape index (κ1) is 18.9. The van der Waals surface area contributed by atoms with Gasteiger partial charge < -0.3 is 10.2 Å². The number of hydrogen-bond donors (Lipinski definition) is 2. The normalized spacial score (nSPS) is 51.3. The molecule has 4 aliphatic carbocycles. The van der Waals surface area contributed by atoms with Crippen LogP contribution in [0.15, 0.2) is 23.8 Å². The Morgan fingerprint density at radius 1 is 1.22 bits per heavy atom. The monoisotopic (exact) mass is 380 g/mol. The minimum Gasteiger partial charge on any atom is -0.388 e. The Labute approximate surface area is 157 Å². The molecule has 3 saturated carbocycles. The first-order valence-electron chi connectivity index (χ1n) is 9.70. The molecule has 0 heterocycles. The average Bonchev–Trinajstić information content (AvgIpc) is 2.92. The topological polar surface area (TPSA) is 74.6 Å². The van der Waals surface area contributed by atoms with Crippen LogP contribution >= 0.6 is 0 Å². The standard InChI is InChI=1S/C21H26F2O4/c1-19-6-3-11(25)9-14(19)17(22)18(23)16-12(19)4-7-20(2)13(16)5-8-21(20,27)15(26)10-24/h3,6,9,12-13,16-18,24,27H,4-5,7-8,10H2,1-2H3/t12-,13-,16+,17?,18?,19+,20-,21-/m0/s1. The molecule has 0 saturated heterocycles. The molecule has 0 aromatic carbocycles. The number of rotatable bonds is 2. The second-order valence-electron chi connectivity index (χ2n) is 9.19. The zero-order chi connectivity index (χ0) is 19.8. The number of carbonyl (C=O) groups is 2. The third-order valence-electron chi connectivity index (χ3n) is 8.32. The molecule has 0 aliphatic heterocycles. The number of aliphatic hydroxyl groups excluding tert-OH is 1. The van der Waals surface area contributed by atoms with Crippen LogP contribution in [0.1, 0.15) is 39.5 Å². The highest BCUT2D eigenvalue weighted by molar-refractivity contribution is 6.01. The molecule has 0 aromatic heterocycles.